The van der Waals surface area contributed by atoms with Crippen LogP contribution in [0.25, 0.3) is 0 Å². The minimum Gasteiger partial charge on any atom is -0.379 e. The lowest BCUT2D eigenvalue weighted by Gasteiger charge is -2.26. The number of amides is 1. The number of ether oxygens (including phenoxy) is 1. The summed E-state index contributed by atoms with van der Waals surface area (Å²) in [6.07, 6.45) is 0.958. The first-order valence-electron chi connectivity index (χ1n) is 6.70. The fraction of sp³-hybridized carbons (Fsp3) is 0.500. The van der Waals surface area contributed by atoms with Crippen LogP contribution in [0.15, 0.2) is 27.1 Å². The van der Waals surface area contributed by atoms with Gasteiger partial charge in [0.25, 0.3) is 5.91 Å². The number of morpholine rings is 1. The van der Waals surface area contributed by atoms with Gasteiger partial charge in [-0.2, -0.15) is 0 Å². The average Bonchev–Trinajstić information content (AvgIpc) is 2.44. The molecular weight excluding hydrogens is 388 g/mol. The third kappa shape index (κ3) is 4.84. The van der Waals surface area contributed by atoms with Gasteiger partial charge in [-0.25, -0.2) is 0 Å². The van der Waals surface area contributed by atoms with Gasteiger partial charge in [-0.1, -0.05) is 15.9 Å². The molecule has 1 heterocycles. The molecule has 0 spiro atoms. The van der Waals surface area contributed by atoms with E-state index in [9.17, 15) is 4.79 Å². The van der Waals surface area contributed by atoms with Crippen LogP contribution in [-0.4, -0.2) is 50.2 Å². The molecule has 1 saturated heterocycles. The van der Waals surface area contributed by atoms with Crippen LogP contribution in [0.1, 0.15) is 16.8 Å². The summed E-state index contributed by atoms with van der Waals surface area (Å²) in [5, 5.41) is 2.96. The molecule has 1 aromatic carbocycles. The van der Waals surface area contributed by atoms with E-state index in [0.29, 0.717) is 12.1 Å². The molecular formula is C14H18Br2N2O2. The number of hydrogen-bond donors (Lipinski definition) is 1. The number of halogens is 2. The highest BCUT2D eigenvalue weighted by molar-refractivity contribution is 9.11. The zero-order chi connectivity index (χ0) is 14.4. The first-order valence-corrected chi connectivity index (χ1v) is 8.29. The minimum atomic E-state index is -0.0358. The monoisotopic (exact) mass is 404 g/mol. The molecule has 0 saturated carbocycles. The number of benzene rings is 1. The van der Waals surface area contributed by atoms with Crippen molar-refractivity contribution in [3.05, 3.63) is 32.7 Å². The van der Waals surface area contributed by atoms with Crippen molar-refractivity contribution in [1.82, 2.24) is 10.2 Å². The van der Waals surface area contributed by atoms with Gasteiger partial charge >= 0.3 is 0 Å². The van der Waals surface area contributed by atoms with Crippen LogP contribution in [0, 0.1) is 0 Å². The van der Waals surface area contributed by atoms with E-state index in [-0.39, 0.29) is 5.91 Å². The lowest BCUT2D eigenvalue weighted by molar-refractivity contribution is 0.0374. The Kier molecular flexibility index (Phi) is 6.48. The normalized spacial score (nSPS) is 16.1. The SMILES string of the molecule is O=C(NCCCN1CCOCC1)c1ccc(Br)cc1Br. The number of hydrogen-bond acceptors (Lipinski definition) is 3. The van der Waals surface area contributed by atoms with Crippen LogP contribution in [0.5, 0.6) is 0 Å². The quantitative estimate of drug-likeness (QED) is 0.765. The molecule has 2 rings (SSSR count). The zero-order valence-corrected chi connectivity index (χ0v) is 14.4. The Labute approximate surface area is 136 Å². The van der Waals surface area contributed by atoms with Gasteiger partial charge in [0.2, 0.25) is 0 Å². The maximum absolute atomic E-state index is 12.0. The van der Waals surface area contributed by atoms with Gasteiger partial charge in [0.05, 0.1) is 18.8 Å². The lowest BCUT2D eigenvalue weighted by Crippen LogP contribution is -2.38. The summed E-state index contributed by atoms with van der Waals surface area (Å²) < 4.78 is 7.06. The summed E-state index contributed by atoms with van der Waals surface area (Å²) in [7, 11) is 0. The van der Waals surface area contributed by atoms with Gasteiger partial charge in [-0.05, 0) is 47.1 Å². The molecule has 0 atom stereocenters. The number of rotatable bonds is 5. The van der Waals surface area contributed by atoms with E-state index in [1.807, 2.05) is 18.2 Å². The summed E-state index contributed by atoms with van der Waals surface area (Å²) in [6, 6.07) is 5.56. The Bertz CT molecular complexity index is 462. The molecule has 20 heavy (non-hydrogen) atoms. The second-order valence-electron chi connectivity index (χ2n) is 4.69. The van der Waals surface area contributed by atoms with Gasteiger partial charge in [-0.3, -0.25) is 9.69 Å². The number of nitrogens with zero attached hydrogens (tertiary/aromatic N) is 1. The minimum absolute atomic E-state index is 0.0358. The van der Waals surface area contributed by atoms with Crippen LogP contribution in [0.4, 0.5) is 0 Å². The van der Waals surface area contributed by atoms with Crippen molar-refractivity contribution in [1.29, 1.82) is 0 Å². The third-order valence-corrected chi connectivity index (χ3v) is 4.37. The molecule has 0 aliphatic carbocycles. The average molecular weight is 406 g/mol. The van der Waals surface area contributed by atoms with Gasteiger partial charge in [0.1, 0.15) is 0 Å². The van der Waals surface area contributed by atoms with E-state index in [2.05, 4.69) is 42.1 Å². The van der Waals surface area contributed by atoms with E-state index < -0.39 is 0 Å². The van der Waals surface area contributed by atoms with Crippen molar-refractivity contribution in [2.75, 3.05) is 39.4 Å². The predicted molar refractivity (Wildman–Crippen MR) is 86.1 cm³/mol. The molecule has 0 aromatic heterocycles. The summed E-state index contributed by atoms with van der Waals surface area (Å²) in [4.78, 5) is 14.4. The Morgan fingerprint density at radius 3 is 2.75 bits per heavy atom. The molecule has 0 radical (unpaired) electrons. The van der Waals surface area contributed by atoms with E-state index in [1.165, 1.54) is 0 Å². The van der Waals surface area contributed by atoms with Crippen molar-refractivity contribution < 1.29 is 9.53 Å². The van der Waals surface area contributed by atoms with Gasteiger partial charge in [0.15, 0.2) is 0 Å². The second-order valence-corrected chi connectivity index (χ2v) is 6.46. The van der Waals surface area contributed by atoms with Gasteiger partial charge < -0.3 is 10.1 Å². The topological polar surface area (TPSA) is 41.6 Å². The fourth-order valence-electron chi connectivity index (χ4n) is 2.10. The van der Waals surface area contributed by atoms with Crippen molar-refractivity contribution >= 4 is 37.8 Å². The molecule has 1 N–H and O–H groups in total. The molecule has 110 valence electrons. The summed E-state index contributed by atoms with van der Waals surface area (Å²) in [5.74, 6) is -0.0358. The second kappa shape index (κ2) is 8.12. The van der Waals surface area contributed by atoms with Crippen molar-refractivity contribution in [3.63, 3.8) is 0 Å². The van der Waals surface area contributed by atoms with E-state index in [0.717, 1.165) is 48.2 Å². The van der Waals surface area contributed by atoms with E-state index in [4.69, 9.17) is 4.74 Å². The largest absolute Gasteiger partial charge is 0.379 e. The van der Waals surface area contributed by atoms with Crippen LogP contribution in [0.2, 0.25) is 0 Å². The third-order valence-electron chi connectivity index (χ3n) is 3.22. The first-order chi connectivity index (χ1) is 9.66. The molecule has 1 aromatic rings. The van der Waals surface area contributed by atoms with Gasteiger partial charge in [0, 0.05) is 28.6 Å². The maximum atomic E-state index is 12.0. The molecule has 1 aliphatic heterocycles. The molecule has 4 nitrogen and oxygen atoms in total. The highest BCUT2D eigenvalue weighted by atomic mass is 79.9. The summed E-state index contributed by atoms with van der Waals surface area (Å²) in [6.45, 7) is 5.32. The van der Waals surface area contributed by atoms with Crippen LogP contribution in [0.3, 0.4) is 0 Å². The molecule has 1 fully saturated rings. The fourth-order valence-corrected chi connectivity index (χ4v) is 3.33. The first kappa shape index (κ1) is 15.9. The molecule has 0 unspecified atom stereocenters. The molecule has 1 amide bonds. The predicted octanol–water partition coefficient (Wildman–Crippen LogP) is 2.66. The van der Waals surface area contributed by atoms with Crippen LogP contribution < -0.4 is 5.32 Å². The van der Waals surface area contributed by atoms with Crippen molar-refractivity contribution in [2.45, 2.75) is 6.42 Å². The Morgan fingerprint density at radius 2 is 2.05 bits per heavy atom. The summed E-state index contributed by atoms with van der Waals surface area (Å²) >= 11 is 6.78. The lowest BCUT2D eigenvalue weighted by atomic mass is 10.2. The van der Waals surface area contributed by atoms with Crippen molar-refractivity contribution in [2.24, 2.45) is 0 Å². The van der Waals surface area contributed by atoms with Crippen LogP contribution in [-0.2, 0) is 4.74 Å². The Balaban J connectivity index is 1.72. The van der Waals surface area contributed by atoms with E-state index >= 15 is 0 Å². The highest BCUT2D eigenvalue weighted by Gasteiger charge is 2.11. The molecule has 1 aliphatic rings. The zero-order valence-electron chi connectivity index (χ0n) is 11.2. The van der Waals surface area contributed by atoms with Crippen LogP contribution >= 0.6 is 31.9 Å². The molecule has 0 bridgehead atoms. The molecule has 6 heteroatoms. The maximum Gasteiger partial charge on any atom is 0.252 e. The standard InChI is InChI=1S/C14H18Br2N2O2/c15-11-2-3-12(13(16)10-11)14(19)17-4-1-5-18-6-8-20-9-7-18/h2-3,10H,1,4-9H2,(H,17,19). The van der Waals surface area contributed by atoms with Gasteiger partial charge in [-0.15, -0.1) is 0 Å². The Morgan fingerprint density at radius 1 is 1.30 bits per heavy atom. The Hall–Kier alpha value is -0.430. The highest BCUT2D eigenvalue weighted by Crippen LogP contribution is 2.21. The van der Waals surface area contributed by atoms with E-state index in [1.54, 1.807) is 0 Å². The smallest absolute Gasteiger partial charge is 0.252 e. The van der Waals surface area contributed by atoms with Crippen molar-refractivity contribution in [3.8, 4) is 0 Å². The number of nitrogens with one attached hydrogen (secondary N) is 1. The summed E-state index contributed by atoms with van der Waals surface area (Å²) in [5.41, 5.74) is 0.666. The number of carbonyl (C=O) groups is 1. The number of carbonyl (C=O) groups excluding carboxylic acids is 1.